The average molecular weight is 585 g/mol. The minimum Gasteiger partial charge on any atom is -0.368 e. The van der Waals surface area contributed by atoms with Gasteiger partial charge in [0.25, 0.3) is 0 Å². The van der Waals surface area contributed by atoms with E-state index in [1.807, 2.05) is 29.9 Å². The molecule has 42 heavy (non-hydrogen) atoms. The van der Waals surface area contributed by atoms with E-state index in [4.69, 9.17) is 5.10 Å². The first-order valence-corrected chi connectivity index (χ1v) is 16.5. The fourth-order valence-electron chi connectivity index (χ4n) is 6.32. The number of nitriles is 2. The van der Waals surface area contributed by atoms with E-state index in [0.29, 0.717) is 43.0 Å². The molecule has 0 bridgehead atoms. The van der Waals surface area contributed by atoms with Gasteiger partial charge in [0, 0.05) is 42.4 Å². The van der Waals surface area contributed by atoms with E-state index in [-0.39, 0.29) is 17.7 Å². The number of aryl methyl sites for hydroxylation is 1. The van der Waals surface area contributed by atoms with E-state index < -0.39 is 16.1 Å². The van der Waals surface area contributed by atoms with Gasteiger partial charge >= 0.3 is 0 Å². The topological polar surface area (TPSA) is 138 Å². The molecule has 0 spiro atoms. The molecule has 2 aromatic carbocycles. The molecule has 2 heterocycles. The number of benzene rings is 2. The maximum absolute atomic E-state index is 13.5. The van der Waals surface area contributed by atoms with Gasteiger partial charge in [-0.15, -0.1) is 0 Å². The number of nitrogens with one attached hydrogen (secondary N) is 1. The Morgan fingerprint density at radius 2 is 1.79 bits per heavy atom. The molecule has 3 fully saturated rings. The summed E-state index contributed by atoms with van der Waals surface area (Å²) in [7, 11) is -2.47. The molecular formula is C32H36N6O3S. The third-order valence-corrected chi connectivity index (χ3v) is 10.7. The molecule has 1 amide bonds. The first-order chi connectivity index (χ1) is 20.2. The lowest BCUT2D eigenvalue weighted by atomic mass is 9.75. The summed E-state index contributed by atoms with van der Waals surface area (Å²) < 4.78 is 21.9. The summed E-state index contributed by atoms with van der Waals surface area (Å²) in [5.74, 6) is 0.359. The van der Waals surface area contributed by atoms with Gasteiger partial charge in [0.15, 0.2) is 0 Å². The average Bonchev–Trinajstić information content (AvgIpc) is 3.64. The highest BCUT2D eigenvalue weighted by Gasteiger charge is 2.47. The van der Waals surface area contributed by atoms with Gasteiger partial charge in [-0.2, -0.15) is 26.2 Å². The van der Waals surface area contributed by atoms with Crippen LogP contribution >= 0.6 is 10.6 Å². The molecule has 3 aromatic rings. The van der Waals surface area contributed by atoms with Crippen molar-refractivity contribution in [3.63, 3.8) is 0 Å². The Morgan fingerprint density at radius 3 is 2.43 bits per heavy atom. The van der Waals surface area contributed by atoms with Crippen LogP contribution in [0.1, 0.15) is 61.3 Å². The Balaban J connectivity index is 1.37. The van der Waals surface area contributed by atoms with Gasteiger partial charge < -0.3 is 10.2 Å². The first kappa shape index (κ1) is 28.3. The van der Waals surface area contributed by atoms with E-state index in [1.54, 1.807) is 6.07 Å². The molecular weight excluding hydrogens is 548 g/mol. The van der Waals surface area contributed by atoms with Gasteiger partial charge in [0.1, 0.15) is 5.54 Å². The van der Waals surface area contributed by atoms with Crippen molar-refractivity contribution in [2.24, 2.45) is 5.92 Å². The molecule has 218 valence electrons. The molecule has 2 aliphatic carbocycles. The smallest absolute Gasteiger partial charge is 0.225 e. The van der Waals surface area contributed by atoms with E-state index in [1.165, 1.54) is 0 Å². The lowest BCUT2D eigenvalue weighted by Crippen LogP contribution is -2.42. The predicted molar refractivity (Wildman–Crippen MR) is 164 cm³/mol. The molecule has 0 radical (unpaired) electrons. The molecule has 1 aliphatic heterocycles. The fourth-order valence-corrected chi connectivity index (χ4v) is 7.55. The third kappa shape index (κ3) is 5.63. The predicted octanol–water partition coefficient (Wildman–Crippen LogP) is 5.74. The number of amides is 1. The zero-order chi connectivity index (χ0) is 29.5. The molecule has 9 nitrogen and oxygen atoms in total. The molecule has 3 N–H and O–H groups in total. The maximum atomic E-state index is 13.5. The van der Waals surface area contributed by atoms with E-state index in [2.05, 4.69) is 46.6 Å². The molecule has 1 aromatic heterocycles. The zero-order valence-electron chi connectivity index (χ0n) is 23.8. The van der Waals surface area contributed by atoms with Crippen LogP contribution in [0.2, 0.25) is 0 Å². The highest BCUT2D eigenvalue weighted by Crippen LogP contribution is 2.44. The maximum Gasteiger partial charge on any atom is 0.225 e. The summed E-state index contributed by atoms with van der Waals surface area (Å²) in [5.41, 5.74) is 5.56. The Hall–Kier alpha value is -3.83. The van der Waals surface area contributed by atoms with Gasteiger partial charge in [-0.05, 0) is 74.1 Å². The van der Waals surface area contributed by atoms with Crippen molar-refractivity contribution >= 4 is 22.2 Å². The van der Waals surface area contributed by atoms with E-state index in [0.717, 1.165) is 59.4 Å². The minimum absolute atomic E-state index is 0.0553. The molecule has 2 atom stereocenters. The largest absolute Gasteiger partial charge is 0.368 e. The number of carbonyl (C=O) groups excluding carboxylic acids is 1. The van der Waals surface area contributed by atoms with Crippen molar-refractivity contribution in [1.82, 2.24) is 15.1 Å². The van der Waals surface area contributed by atoms with Crippen LogP contribution in [0, 0.1) is 35.5 Å². The van der Waals surface area contributed by atoms with Gasteiger partial charge in [-0.1, -0.05) is 25.0 Å². The highest BCUT2D eigenvalue weighted by atomic mass is 32.3. The number of anilines is 1. The van der Waals surface area contributed by atoms with E-state index >= 15 is 0 Å². The molecule has 2 saturated carbocycles. The van der Waals surface area contributed by atoms with Crippen molar-refractivity contribution in [3.8, 4) is 29.0 Å². The van der Waals surface area contributed by atoms with Crippen molar-refractivity contribution < 1.29 is 13.9 Å². The Kier molecular flexibility index (Phi) is 7.48. The molecule has 0 unspecified atom stereocenters. The first-order valence-electron chi connectivity index (χ1n) is 14.6. The highest BCUT2D eigenvalue weighted by molar-refractivity contribution is 8.24. The second kappa shape index (κ2) is 11.1. The van der Waals surface area contributed by atoms with Crippen LogP contribution in [0.5, 0.6) is 0 Å². The van der Waals surface area contributed by atoms with Gasteiger partial charge in [0.2, 0.25) is 5.91 Å². The number of aromatic nitrogens is 2. The van der Waals surface area contributed by atoms with Crippen molar-refractivity contribution in [2.75, 3.05) is 29.5 Å². The lowest BCUT2D eigenvalue weighted by Gasteiger charge is -2.41. The number of carbonyl (C=O) groups is 1. The van der Waals surface area contributed by atoms with Gasteiger partial charge in [0.05, 0.1) is 40.6 Å². The second-order valence-corrected chi connectivity index (χ2v) is 14.3. The normalized spacial score (nSPS) is 23.3. The summed E-state index contributed by atoms with van der Waals surface area (Å²) >= 11 is 0. The number of hydrogen-bond donors (Lipinski definition) is 3. The van der Waals surface area contributed by atoms with E-state index in [9.17, 15) is 24.4 Å². The van der Waals surface area contributed by atoms with Crippen molar-refractivity contribution in [1.29, 1.82) is 10.5 Å². The second-order valence-electron chi connectivity index (χ2n) is 11.9. The summed E-state index contributed by atoms with van der Waals surface area (Å²) in [6, 6.07) is 18.3. The molecule has 1 saturated heterocycles. The van der Waals surface area contributed by atoms with Crippen LogP contribution in [-0.2, 0) is 4.79 Å². The van der Waals surface area contributed by atoms with Gasteiger partial charge in [-0.3, -0.25) is 13.9 Å². The number of nitrogens with zero attached hydrogens (tertiary/aromatic N) is 5. The summed E-state index contributed by atoms with van der Waals surface area (Å²) in [4.78, 5) is 15.7. The Bertz CT molecular complexity index is 1570. The summed E-state index contributed by atoms with van der Waals surface area (Å²) in [6.07, 6.45) is 7.00. The van der Waals surface area contributed by atoms with Crippen LogP contribution in [0.25, 0.3) is 16.8 Å². The van der Waals surface area contributed by atoms with Crippen molar-refractivity contribution in [3.05, 3.63) is 65.5 Å². The Morgan fingerprint density at radius 1 is 1.07 bits per heavy atom. The molecule has 3 aliphatic rings. The molecule has 10 heteroatoms. The summed E-state index contributed by atoms with van der Waals surface area (Å²) in [5, 5.41) is 27.1. The fraction of sp³-hybridized carbons (Fsp3) is 0.438. The van der Waals surface area contributed by atoms with Crippen LogP contribution in [0.15, 0.2) is 48.7 Å². The van der Waals surface area contributed by atoms with Crippen LogP contribution in [0.4, 0.5) is 5.69 Å². The zero-order valence-corrected chi connectivity index (χ0v) is 24.6. The van der Waals surface area contributed by atoms with Crippen molar-refractivity contribution in [2.45, 2.75) is 56.9 Å². The third-order valence-electron chi connectivity index (χ3n) is 9.02. The minimum atomic E-state index is -2.47. The monoisotopic (exact) mass is 584 g/mol. The van der Waals surface area contributed by atoms with Gasteiger partial charge in [-0.25, -0.2) is 4.68 Å². The van der Waals surface area contributed by atoms with Crippen LogP contribution in [-0.4, -0.2) is 54.9 Å². The summed E-state index contributed by atoms with van der Waals surface area (Å²) in [6.45, 7) is 3.17. The van der Waals surface area contributed by atoms with Crippen LogP contribution in [0.3, 0.4) is 0 Å². The quantitative estimate of drug-likeness (QED) is 0.336. The molecule has 6 rings (SSSR count). The SMILES string of the molecule is Cc1cc(C#N)ccc1-n1cc(-c2ccc(N3CCS(O)(O)CC3)cc2)c([C@@H]2CCCC[C@H]2C(=O)NC2(C#N)CC2)n1. The van der Waals surface area contributed by atoms with Crippen LogP contribution < -0.4 is 10.2 Å². The Labute approximate surface area is 248 Å². The number of hydrogen-bond acceptors (Lipinski definition) is 7. The number of rotatable bonds is 6. The standard InChI is InChI=1S/C32H36N6O3S/c1-22-18-23(19-33)6-11-29(22)38-20-28(24-7-9-25(10-8-24)37-14-16-42(40,41)17-15-37)30(36-38)26-4-2-3-5-27(26)31(39)35-32(21-34)12-13-32/h6-11,18,20,26-27,40-41H,2-5,12-17H2,1H3,(H,35,39)/t26-,27-/m1/s1. The lowest BCUT2D eigenvalue weighted by molar-refractivity contribution is -0.127.